The van der Waals surface area contributed by atoms with E-state index in [0.29, 0.717) is 6.54 Å². The van der Waals surface area contributed by atoms with E-state index in [1.165, 1.54) is 30.2 Å². The van der Waals surface area contributed by atoms with Crippen LogP contribution in [0.1, 0.15) is 35.0 Å². The molecule has 1 atom stereocenters. The van der Waals surface area contributed by atoms with Crippen LogP contribution >= 0.6 is 11.8 Å². The number of anilines is 1. The van der Waals surface area contributed by atoms with Crippen molar-refractivity contribution in [2.24, 2.45) is 0 Å². The van der Waals surface area contributed by atoms with Crippen molar-refractivity contribution < 1.29 is 4.79 Å². The third-order valence-electron chi connectivity index (χ3n) is 6.15. The summed E-state index contributed by atoms with van der Waals surface area (Å²) in [6.07, 6.45) is 2.45. The maximum Gasteiger partial charge on any atom is 0.242 e. The molecule has 1 N–H and O–H groups in total. The van der Waals surface area contributed by atoms with Crippen molar-refractivity contribution in [2.45, 2.75) is 36.3 Å². The van der Waals surface area contributed by atoms with E-state index in [-0.39, 0.29) is 5.91 Å². The number of carbonyl (C=O) groups is 1. The summed E-state index contributed by atoms with van der Waals surface area (Å²) in [6, 6.07) is 29.8. The van der Waals surface area contributed by atoms with Gasteiger partial charge in [-0.3, -0.25) is 9.69 Å². The van der Waals surface area contributed by atoms with Crippen molar-refractivity contribution in [3.63, 3.8) is 0 Å². The largest absolute Gasteiger partial charge is 0.325 e. The summed E-state index contributed by atoms with van der Waals surface area (Å²) in [4.78, 5) is 15.9. The van der Waals surface area contributed by atoms with Crippen LogP contribution in [0.25, 0.3) is 0 Å². The van der Waals surface area contributed by atoms with Gasteiger partial charge in [0, 0.05) is 5.69 Å². The molecule has 1 amide bonds. The summed E-state index contributed by atoms with van der Waals surface area (Å²) >= 11 is 1.45. The summed E-state index contributed by atoms with van der Waals surface area (Å²) in [5.41, 5.74) is 2.89. The van der Waals surface area contributed by atoms with Gasteiger partial charge in [0.15, 0.2) is 5.16 Å². The summed E-state index contributed by atoms with van der Waals surface area (Å²) in [7, 11) is 0. The summed E-state index contributed by atoms with van der Waals surface area (Å²) < 4.78 is 2.17. The van der Waals surface area contributed by atoms with Crippen molar-refractivity contribution in [2.75, 3.05) is 18.4 Å². The number of aromatic nitrogens is 3. The monoisotopic (exact) mass is 483 g/mol. The van der Waals surface area contributed by atoms with Crippen LogP contribution in [0, 0.1) is 0 Å². The molecule has 1 unspecified atom stereocenters. The molecule has 0 bridgehead atoms. The van der Waals surface area contributed by atoms with Gasteiger partial charge in [-0.1, -0.05) is 90.6 Å². The highest BCUT2D eigenvalue weighted by Gasteiger charge is 2.27. The van der Waals surface area contributed by atoms with Crippen molar-refractivity contribution in [3.05, 3.63) is 108 Å². The number of hydrogen-bond donors (Lipinski definition) is 1. The van der Waals surface area contributed by atoms with Crippen LogP contribution in [0.3, 0.4) is 0 Å². The van der Waals surface area contributed by atoms with Crippen LogP contribution in [-0.2, 0) is 17.9 Å². The highest BCUT2D eigenvalue weighted by molar-refractivity contribution is 8.00. The molecule has 178 valence electrons. The number of likely N-dealkylation sites (tertiary alicyclic amines) is 1. The lowest BCUT2D eigenvalue weighted by atomic mass is 10.1. The maximum absolute atomic E-state index is 13.5. The van der Waals surface area contributed by atoms with Gasteiger partial charge in [0.2, 0.25) is 5.91 Å². The second-order valence-electron chi connectivity index (χ2n) is 8.72. The van der Waals surface area contributed by atoms with E-state index >= 15 is 0 Å². The molecule has 0 radical (unpaired) electrons. The van der Waals surface area contributed by atoms with Crippen molar-refractivity contribution in [1.82, 2.24) is 19.7 Å². The number of thioether (sulfide) groups is 1. The first-order valence-electron chi connectivity index (χ1n) is 12.0. The topological polar surface area (TPSA) is 63.1 Å². The molecule has 4 aromatic rings. The first-order valence-corrected chi connectivity index (χ1v) is 12.9. The van der Waals surface area contributed by atoms with E-state index in [1.807, 2.05) is 78.9 Å². The number of rotatable bonds is 9. The van der Waals surface area contributed by atoms with Gasteiger partial charge in [0.05, 0.1) is 13.1 Å². The predicted octanol–water partition coefficient (Wildman–Crippen LogP) is 5.39. The first-order chi connectivity index (χ1) is 17.3. The maximum atomic E-state index is 13.5. The molecule has 1 aliphatic heterocycles. The minimum absolute atomic E-state index is 0.0808. The fourth-order valence-corrected chi connectivity index (χ4v) is 5.38. The van der Waals surface area contributed by atoms with Crippen LogP contribution in [-0.4, -0.2) is 38.7 Å². The Morgan fingerprint density at radius 2 is 1.46 bits per heavy atom. The van der Waals surface area contributed by atoms with Gasteiger partial charge >= 0.3 is 0 Å². The van der Waals surface area contributed by atoms with E-state index in [9.17, 15) is 4.79 Å². The lowest BCUT2D eigenvalue weighted by Crippen LogP contribution is -2.22. The van der Waals surface area contributed by atoms with Gasteiger partial charge in [-0.2, -0.15) is 0 Å². The Morgan fingerprint density at radius 1 is 0.829 bits per heavy atom. The van der Waals surface area contributed by atoms with Crippen molar-refractivity contribution in [3.8, 4) is 0 Å². The third-order valence-corrected chi connectivity index (χ3v) is 7.38. The Bertz CT molecular complexity index is 1220. The average molecular weight is 484 g/mol. The number of hydrogen-bond acceptors (Lipinski definition) is 5. The molecule has 3 aromatic carbocycles. The first kappa shape index (κ1) is 23.3. The number of carbonyl (C=O) groups excluding carboxylic acids is 1. The molecule has 35 heavy (non-hydrogen) atoms. The molecule has 7 heteroatoms. The van der Waals surface area contributed by atoms with Crippen LogP contribution in [0.4, 0.5) is 5.69 Å². The van der Waals surface area contributed by atoms with Gasteiger partial charge in [-0.05, 0) is 49.2 Å². The second-order valence-corrected chi connectivity index (χ2v) is 9.79. The van der Waals surface area contributed by atoms with Crippen molar-refractivity contribution >= 4 is 23.4 Å². The Hall–Kier alpha value is -3.42. The minimum Gasteiger partial charge on any atom is -0.325 e. The quantitative estimate of drug-likeness (QED) is 0.323. The lowest BCUT2D eigenvalue weighted by molar-refractivity contribution is -0.115. The standard InChI is InChI=1S/C28H29N5OS/c34-27(29-24-16-8-3-9-17-24)26(23-14-6-2-7-15-23)35-28-31-30-25(21-32-18-10-11-19-32)33(28)20-22-12-4-1-5-13-22/h1-9,12-17,26H,10-11,18-21H2,(H,29,34). The summed E-state index contributed by atoms with van der Waals surface area (Å²) in [5.74, 6) is 0.858. The summed E-state index contributed by atoms with van der Waals surface area (Å²) in [6.45, 7) is 3.62. The Kier molecular flexibility index (Phi) is 7.56. The summed E-state index contributed by atoms with van der Waals surface area (Å²) in [5, 5.41) is 12.5. The fraction of sp³-hybridized carbons (Fsp3) is 0.250. The smallest absolute Gasteiger partial charge is 0.242 e. The average Bonchev–Trinajstić information content (AvgIpc) is 3.55. The van der Waals surface area contributed by atoms with Crippen LogP contribution in [0.5, 0.6) is 0 Å². The number of nitrogens with one attached hydrogen (secondary N) is 1. The van der Waals surface area contributed by atoms with Gasteiger partial charge in [0.25, 0.3) is 0 Å². The van der Waals surface area contributed by atoms with Crippen molar-refractivity contribution in [1.29, 1.82) is 0 Å². The number of benzene rings is 3. The Labute approximate surface area is 210 Å². The van der Waals surface area contributed by atoms with Crippen LogP contribution in [0.15, 0.2) is 96.2 Å². The molecule has 6 nitrogen and oxygen atoms in total. The number of nitrogens with zero attached hydrogens (tertiary/aromatic N) is 4. The SMILES string of the molecule is O=C(Nc1ccccc1)C(Sc1nnc(CN2CCCC2)n1Cc1ccccc1)c1ccccc1. The zero-order valence-corrected chi connectivity index (χ0v) is 20.4. The zero-order chi connectivity index (χ0) is 23.9. The van der Waals surface area contributed by atoms with E-state index in [2.05, 4.69) is 37.1 Å². The molecule has 5 rings (SSSR count). The molecule has 1 saturated heterocycles. The van der Waals surface area contributed by atoms with Gasteiger partial charge < -0.3 is 9.88 Å². The Balaban J connectivity index is 1.45. The molecule has 1 aliphatic rings. The molecule has 1 aromatic heterocycles. The second kappa shape index (κ2) is 11.3. The highest BCUT2D eigenvalue weighted by Crippen LogP contribution is 2.36. The Morgan fingerprint density at radius 3 is 2.14 bits per heavy atom. The van der Waals surface area contributed by atoms with E-state index in [1.54, 1.807) is 0 Å². The number of amides is 1. The van der Waals surface area contributed by atoms with E-state index in [0.717, 1.165) is 41.9 Å². The lowest BCUT2D eigenvalue weighted by Gasteiger charge is -2.19. The molecule has 1 fully saturated rings. The zero-order valence-electron chi connectivity index (χ0n) is 19.6. The van der Waals surface area contributed by atoms with E-state index in [4.69, 9.17) is 0 Å². The molecule has 0 saturated carbocycles. The van der Waals surface area contributed by atoms with E-state index < -0.39 is 5.25 Å². The highest BCUT2D eigenvalue weighted by atomic mass is 32.2. The third kappa shape index (κ3) is 5.99. The molecule has 0 aliphatic carbocycles. The normalized spacial score (nSPS) is 14.6. The van der Waals surface area contributed by atoms with Gasteiger partial charge in [0.1, 0.15) is 11.1 Å². The molecular formula is C28H29N5OS. The van der Waals surface area contributed by atoms with Crippen LogP contribution in [0.2, 0.25) is 0 Å². The fourth-order valence-electron chi connectivity index (χ4n) is 4.32. The number of para-hydroxylation sites is 1. The van der Waals surface area contributed by atoms with Gasteiger partial charge in [-0.15, -0.1) is 10.2 Å². The molecular weight excluding hydrogens is 454 g/mol. The van der Waals surface area contributed by atoms with Gasteiger partial charge in [-0.25, -0.2) is 0 Å². The predicted molar refractivity (Wildman–Crippen MR) is 140 cm³/mol. The van der Waals surface area contributed by atoms with Crippen LogP contribution < -0.4 is 5.32 Å². The minimum atomic E-state index is -0.463. The molecule has 0 spiro atoms. The molecule has 2 heterocycles.